The second-order valence-corrected chi connectivity index (χ2v) is 8.28. The number of amides is 2. The Morgan fingerprint density at radius 1 is 1.13 bits per heavy atom. The number of nitrogens with one attached hydrogen (secondary N) is 1. The van der Waals surface area contributed by atoms with Gasteiger partial charge in [-0.3, -0.25) is 14.5 Å². The molecule has 0 aliphatic carbocycles. The summed E-state index contributed by atoms with van der Waals surface area (Å²) in [5.41, 5.74) is 1.33. The normalized spacial score (nSPS) is 14.7. The Kier molecular flexibility index (Phi) is 8.21. The van der Waals surface area contributed by atoms with Gasteiger partial charge in [0.05, 0.1) is 5.69 Å². The van der Waals surface area contributed by atoms with E-state index in [9.17, 15) is 9.59 Å². The fourth-order valence-corrected chi connectivity index (χ4v) is 4.16. The molecule has 0 saturated carbocycles. The number of rotatable bonds is 8. The van der Waals surface area contributed by atoms with Crippen molar-refractivity contribution in [1.82, 2.24) is 30.0 Å². The maximum absolute atomic E-state index is 12.8. The van der Waals surface area contributed by atoms with Crippen LogP contribution in [0.1, 0.15) is 39.5 Å². The van der Waals surface area contributed by atoms with Crippen LogP contribution in [0.3, 0.4) is 0 Å². The molecule has 2 amide bonds. The third kappa shape index (κ3) is 6.27. The van der Waals surface area contributed by atoms with Gasteiger partial charge in [0.25, 0.3) is 5.24 Å². The van der Waals surface area contributed by atoms with Crippen molar-refractivity contribution in [2.45, 2.75) is 44.7 Å². The Morgan fingerprint density at radius 2 is 1.93 bits per heavy atom. The molecule has 10 heteroatoms. The van der Waals surface area contributed by atoms with Crippen molar-refractivity contribution in [2.75, 3.05) is 38.0 Å². The van der Waals surface area contributed by atoms with Crippen molar-refractivity contribution >= 4 is 28.6 Å². The van der Waals surface area contributed by atoms with Crippen molar-refractivity contribution in [3.05, 3.63) is 24.3 Å². The maximum atomic E-state index is 12.8. The topological polar surface area (TPSA) is 96.2 Å². The number of tetrazole rings is 1. The predicted molar refractivity (Wildman–Crippen MR) is 117 cm³/mol. The Balaban J connectivity index is 1.55. The third-order valence-corrected chi connectivity index (χ3v) is 5.86. The summed E-state index contributed by atoms with van der Waals surface area (Å²) in [6.45, 7) is 8.04. The molecule has 2 aromatic rings. The summed E-state index contributed by atoms with van der Waals surface area (Å²) in [7, 11) is 0. The smallest absolute Gasteiger partial charge is 0.289 e. The Bertz CT molecular complexity index is 849. The molecule has 1 aromatic carbocycles. The minimum Gasteiger partial charge on any atom is -0.331 e. The molecule has 1 saturated heterocycles. The van der Waals surface area contributed by atoms with Crippen LogP contribution in [0, 0.1) is 0 Å². The highest BCUT2D eigenvalue weighted by Crippen LogP contribution is 2.23. The van der Waals surface area contributed by atoms with Gasteiger partial charge in [0.15, 0.2) is 0 Å². The predicted octanol–water partition coefficient (Wildman–Crippen LogP) is 3.03. The summed E-state index contributed by atoms with van der Waals surface area (Å²) in [6.07, 6.45) is 5.04. The molecular formula is C20H29N7O2S. The summed E-state index contributed by atoms with van der Waals surface area (Å²) in [5, 5.41) is 14.8. The largest absolute Gasteiger partial charge is 0.331 e. The van der Waals surface area contributed by atoms with Gasteiger partial charge >= 0.3 is 0 Å². The Hall–Kier alpha value is -2.46. The summed E-state index contributed by atoms with van der Waals surface area (Å²) < 4.78 is 1.51. The van der Waals surface area contributed by atoms with Gasteiger partial charge in [-0.15, -0.1) is 5.10 Å². The minimum atomic E-state index is -0.154. The highest BCUT2D eigenvalue weighted by Gasteiger charge is 2.24. The lowest BCUT2D eigenvalue weighted by Gasteiger charge is -2.34. The summed E-state index contributed by atoms with van der Waals surface area (Å²) in [6, 6.07) is 7.18. The van der Waals surface area contributed by atoms with Crippen molar-refractivity contribution < 1.29 is 9.59 Å². The second kappa shape index (κ2) is 11.1. The molecule has 1 aliphatic heterocycles. The number of hydrogen-bond acceptors (Lipinski definition) is 7. The van der Waals surface area contributed by atoms with Crippen LogP contribution in [0.4, 0.5) is 10.5 Å². The van der Waals surface area contributed by atoms with E-state index in [0.717, 1.165) is 44.5 Å². The highest BCUT2D eigenvalue weighted by molar-refractivity contribution is 8.13. The molecule has 0 spiro atoms. The first-order valence-electron chi connectivity index (χ1n) is 10.4. The molecule has 162 valence electrons. The zero-order valence-electron chi connectivity index (χ0n) is 17.6. The number of hydrogen-bond donors (Lipinski definition) is 1. The zero-order valence-corrected chi connectivity index (χ0v) is 18.4. The molecule has 0 atom stereocenters. The number of unbranched alkanes of at least 4 members (excludes halogenated alkanes) is 3. The number of benzene rings is 1. The quantitative estimate of drug-likeness (QED) is 0.507. The van der Waals surface area contributed by atoms with Gasteiger partial charge in [0.2, 0.25) is 11.1 Å². The van der Waals surface area contributed by atoms with Crippen molar-refractivity contribution in [3.63, 3.8) is 0 Å². The van der Waals surface area contributed by atoms with E-state index in [4.69, 9.17) is 0 Å². The molecule has 9 nitrogen and oxygen atoms in total. The monoisotopic (exact) mass is 431 g/mol. The highest BCUT2D eigenvalue weighted by atomic mass is 32.2. The Labute approximate surface area is 181 Å². The molecule has 0 unspecified atom stereocenters. The lowest BCUT2D eigenvalue weighted by atomic mass is 10.2. The first-order chi connectivity index (χ1) is 14.6. The van der Waals surface area contributed by atoms with E-state index < -0.39 is 0 Å². The molecule has 3 rings (SSSR count). The van der Waals surface area contributed by atoms with Crippen LogP contribution in [0.2, 0.25) is 0 Å². The van der Waals surface area contributed by atoms with Crippen LogP contribution in [-0.2, 0) is 4.79 Å². The molecule has 0 radical (unpaired) electrons. The second-order valence-electron chi connectivity index (χ2n) is 7.36. The number of nitrogens with zero attached hydrogens (tertiary/aromatic N) is 6. The van der Waals surface area contributed by atoms with E-state index in [1.54, 1.807) is 18.2 Å². The summed E-state index contributed by atoms with van der Waals surface area (Å²) in [4.78, 5) is 28.4. The average molecular weight is 432 g/mol. The lowest BCUT2D eigenvalue weighted by molar-refractivity contribution is -0.114. The SMILES string of the molecule is CCCCCCN1CCN(C(=O)Sc2nnnn2-c2cccc(NC(C)=O)c2)CC1. The van der Waals surface area contributed by atoms with Crippen LogP contribution >= 0.6 is 11.8 Å². The van der Waals surface area contributed by atoms with Gasteiger partial charge in [0.1, 0.15) is 0 Å². The van der Waals surface area contributed by atoms with Crippen LogP contribution in [-0.4, -0.2) is 73.9 Å². The first-order valence-corrected chi connectivity index (χ1v) is 11.2. The van der Waals surface area contributed by atoms with Crippen LogP contribution in [0.25, 0.3) is 5.69 Å². The molecule has 1 N–H and O–H groups in total. The third-order valence-electron chi connectivity index (χ3n) is 4.99. The number of thioether (sulfide) groups is 1. The number of carbonyl (C=O) groups excluding carboxylic acids is 2. The number of carbonyl (C=O) groups is 2. The average Bonchev–Trinajstić information content (AvgIpc) is 3.19. The first kappa shape index (κ1) is 22.2. The minimum absolute atomic E-state index is 0.0466. The van der Waals surface area contributed by atoms with Crippen LogP contribution in [0.5, 0.6) is 0 Å². The van der Waals surface area contributed by atoms with E-state index in [2.05, 4.69) is 32.7 Å². The van der Waals surface area contributed by atoms with Gasteiger partial charge in [-0.05, 0) is 41.6 Å². The van der Waals surface area contributed by atoms with Crippen molar-refractivity contribution in [3.8, 4) is 5.69 Å². The van der Waals surface area contributed by atoms with E-state index in [0.29, 0.717) is 16.5 Å². The molecule has 30 heavy (non-hydrogen) atoms. The number of anilines is 1. The standard InChI is InChI=1S/C20H29N7O2S/c1-3-4-5-6-10-25-11-13-26(14-12-25)20(29)30-19-22-23-24-27(19)18-9-7-8-17(15-18)21-16(2)28/h7-9,15H,3-6,10-14H2,1-2H3,(H,21,28). The summed E-state index contributed by atoms with van der Waals surface area (Å²) >= 11 is 1.03. The number of aromatic nitrogens is 4. The van der Waals surface area contributed by atoms with Crippen molar-refractivity contribution in [1.29, 1.82) is 0 Å². The summed E-state index contributed by atoms with van der Waals surface area (Å²) in [5.74, 6) is -0.154. The lowest BCUT2D eigenvalue weighted by Crippen LogP contribution is -2.47. The van der Waals surface area contributed by atoms with Gasteiger partial charge in [0, 0.05) is 50.6 Å². The fraction of sp³-hybridized carbons (Fsp3) is 0.550. The maximum Gasteiger partial charge on any atom is 0.289 e. The van der Waals surface area contributed by atoms with E-state index in [-0.39, 0.29) is 11.1 Å². The molecule has 1 fully saturated rings. The van der Waals surface area contributed by atoms with Gasteiger partial charge in [-0.25, -0.2) is 0 Å². The van der Waals surface area contributed by atoms with Gasteiger partial charge in [-0.2, -0.15) is 4.68 Å². The van der Waals surface area contributed by atoms with E-state index in [1.165, 1.54) is 37.3 Å². The van der Waals surface area contributed by atoms with Crippen LogP contribution in [0.15, 0.2) is 29.4 Å². The molecular weight excluding hydrogens is 402 g/mol. The fourth-order valence-electron chi connectivity index (χ4n) is 3.38. The van der Waals surface area contributed by atoms with Gasteiger partial charge < -0.3 is 10.2 Å². The van der Waals surface area contributed by atoms with E-state index in [1.807, 2.05) is 11.0 Å². The zero-order chi connectivity index (χ0) is 21.3. The van der Waals surface area contributed by atoms with Crippen molar-refractivity contribution in [2.24, 2.45) is 0 Å². The van der Waals surface area contributed by atoms with Crippen LogP contribution < -0.4 is 5.32 Å². The molecule has 2 heterocycles. The molecule has 1 aliphatic rings. The van der Waals surface area contributed by atoms with Gasteiger partial charge in [-0.1, -0.05) is 32.3 Å². The number of piperazine rings is 1. The Morgan fingerprint density at radius 3 is 2.67 bits per heavy atom. The van der Waals surface area contributed by atoms with E-state index >= 15 is 0 Å². The molecule has 0 bridgehead atoms. The molecule has 1 aromatic heterocycles.